The summed E-state index contributed by atoms with van der Waals surface area (Å²) >= 11 is 0. The SMILES string of the molecule is CNC(=O)Nc1cccc(NC(=O)c2cc(C3CC3)nc3c2c(C)nn3C)c1. The monoisotopic (exact) mass is 378 g/mol. The second-order valence-corrected chi connectivity index (χ2v) is 7.02. The van der Waals surface area contributed by atoms with E-state index in [-0.39, 0.29) is 11.9 Å². The zero-order valence-corrected chi connectivity index (χ0v) is 16.0. The summed E-state index contributed by atoms with van der Waals surface area (Å²) in [6.07, 6.45) is 2.20. The van der Waals surface area contributed by atoms with Crippen LogP contribution in [0, 0.1) is 6.92 Å². The molecule has 1 fully saturated rings. The highest BCUT2D eigenvalue weighted by atomic mass is 16.2. The average molecular weight is 378 g/mol. The number of amides is 3. The number of aryl methyl sites for hydroxylation is 2. The van der Waals surface area contributed by atoms with Crippen molar-refractivity contribution >= 4 is 34.3 Å². The van der Waals surface area contributed by atoms with E-state index in [4.69, 9.17) is 4.98 Å². The summed E-state index contributed by atoms with van der Waals surface area (Å²) in [5, 5.41) is 13.3. The Morgan fingerprint density at radius 3 is 2.54 bits per heavy atom. The molecule has 0 spiro atoms. The van der Waals surface area contributed by atoms with Crippen LogP contribution in [-0.4, -0.2) is 33.8 Å². The maximum absolute atomic E-state index is 13.1. The normalized spacial score (nSPS) is 13.4. The molecular weight excluding hydrogens is 356 g/mol. The Hall–Kier alpha value is -3.42. The Kier molecular flexibility index (Phi) is 4.46. The molecule has 3 amide bonds. The first-order valence-corrected chi connectivity index (χ1v) is 9.20. The lowest BCUT2D eigenvalue weighted by Gasteiger charge is -2.10. The molecule has 0 radical (unpaired) electrons. The lowest BCUT2D eigenvalue weighted by atomic mass is 10.1. The fourth-order valence-corrected chi connectivity index (χ4v) is 3.30. The molecule has 1 aliphatic carbocycles. The molecule has 0 bridgehead atoms. The second-order valence-electron chi connectivity index (χ2n) is 7.02. The number of benzene rings is 1. The van der Waals surface area contributed by atoms with Gasteiger partial charge < -0.3 is 16.0 Å². The first-order valence-electron chi connectivity index (χ1n) is 9.20. The highest BCUT2D eigenvalue weighted by Gasteiger charge is 2.28. The van der Waals surface area contributed by atoms with Crippen LogP contribution in [0.2, 0.25) is 0 Å². The van der Waals surface area contributed by atoms with Gasteiger partial charge in [0, 0.05) is 37.1 Å². The van der Waals surface area contributed by atoms with E-state index >= 15 is 0 Å². The molecule has 0 unspecified atom stereocenters. The van der Waals surface area contributed by atoms with Crippen molar-refractivity contribution in [2.24, 2.45) is 7.05 Å². The Bertz CT molecular complexity index is 1080. The Morgan fingerprint density at radius 2 is 1.86 bits per heavy atom. The van der Waals surface area contributed by atoms with Gasteiger partial charge in [0.05, 0.1) is 16.6 Å². The van der Waals surface area contributed by atoms with Crippen LogP contribution in [0.4, 0.5) is 16.2 Å². The fraction of sp³-hybridized carbons (Fsp3) is 0.300. The van der Waals surface area contributed by atoms with Crippen LogP contribution in [0.25, 0.3) is 11.0 Å². The molecule has 1 aromatic carbocycles. The predicted octanol–water partition coefficient (Wildman–Crippen LogP) is 3.16. The number of nitrogens with zero attached hydrogens (tertiary/aromatic N) is 3. The zero-order chi connectivity index (χ0) is 19.8. The van der Waals surface area contributed by atoms with Crippen molar-refractivity contribution in [1.82, 2.24) is 20.1 Å². The van der Waals surface area contributed by atoms with Crippen LogP contribution in [0.5, 0.6) is 0 Å². The van der Waals surface area contributed by atoms with E-state index in [0.717, 1.165) is 35.3 Å². The van der Waals surface area contributed by atoms with Gasteiger partial charge in [-0.3, -0.25) is 9.48 Å². The molecule has 0 atom stereocenters. The minimum Gasteiger partial charge on any atom is -0.341 e. The summed E-state index contributed by atoms with van der Waals surface area (Å²) < 4.78 is 1.72. The van der Waals surface area contributed by atoms with Crippen LogP contribution in [0.1, 0.15) is 40.5 Å². The lowest BCUT2D eigenvalue weighted by molar-refractivity contribution is 0.102. The second kappa shape index (κ2) is 6.95. The average Bonchev–Trinajstić information content (AvgIpc) is 3.48. The van der Waals surface area contributed by atoms with Crippen molar-refractivity contribution < 1.29 is 9.59 Å². The number of pyridine rings is 1. The van der Waals surface area contributed by atoms with Crippen molar-refractivity contribution in [3.63, 3.8) is 0 Å². The van der Waals surface area contributed by atoms with Crippen LogP contribution < -0.4 is 16.0 Å². The van der Waals surface area contributed by atoms with Crippen molar-refractivity contribution in [3.8, 4) is 0 Å². The van der Waals surface area contributed by atoms with Gasteiger partial charge in [-0.2, -0.15) is 5.10 Å². The first-order chi connectivity index (χ1) is 13.5. The van der Waals surface area contributed by atoms with Crippen molar-refractivity contribution in [3.05, 3.63) is 47.3 Å². The molecule has 144 valence electrons. The number of rotatable bonds is 4. The van der Waals surface area contributed by atoms with Gasteiger partial charge in [0.15, 0.2) is 5.65 Å². The van der Waals surface area contributed by atoms with Crippen LogP contribution in [0.15, 0.2) is 30.3 Å². The Balaban J connectivity index is 1.68. The van der Waals surface area contributed by atoms with Crippen molar-refractivity contribution in [2.45, 2.75) is 25.7 Å². The summed E-state index contributed by atoms with van der Waals surface area (Å²) in [4.78, 5) is 29.3. The zero-order valence-electron chi connectivity index (χ0n) is 16.0. The summed E-state index contributed by atoms with van der Waals surface area (Å²) in [6, 6.07) is 8.59. The third kappa shape index (κ3) is 3.40. The Labute approximate surface area is 162 Å². The lowest BCUT2D eigenvalue weighted by Crippen LogP contribution is -2.24. The van der Waals surface area contributed by atoms with E-state index in [9.17, 15) is 9.59 Å². The molecular formula is C20H22N6O2. The van der Waals surface area contributed by atoms with Gasteiger partial charge in [-0.15, -0.1) is 0 Å². The molecule has 4 rings (SSSR count). The molecule has 28 heavy (non-hydrogen) atoms. The van der Waals surface area contributed by atoms with E-state index in [1.807, 2.05) is 20.0 Å². The summed E-state index contributed by atoms with van der Waals surface area (Å²) in [5.41, 5.74) is 4.19. The Morgan fingerprint density at radius 1 is 1.14 bits per heavy atom. The number of aromatic nitrogens is 3. The van der Waals surface area contributed by atoms with Gasteiger partial charge in [-0.25, -0.2) is 9.78 Å². The van der Waals surface area contributed by atoms with Gasteiger partial charge in [0.1, 0.15) is 0 Å². The van der Waals surface area contributed by atoms with Gasteiger partial charge in [0.2, 0.25) is 0 Å². The molecule has 8 heteroatoms. The smallest absolute Gasteiger partial charge is 0.318 e. The molecule has 8 nitrogen and oxygen atoms in total. The first kappa shape index (κ1) is 18.0. The van der Waals surface area contributed by atoms with E-state index in [0.29, 0.717) is 22.9 Å². The maximum Gasteiger partial charge on any atom is 0.318 e. The number of urea groups is 1. The van der Waals surface area contributed by atoms with E-state index in [1.54, 1.807) is 36.0 Å². The number of carbonyl (C=O) groups is 2. The fourth-order valence-electron chi connectivity index (χ4n) is 3.30. The van der Waals surface area contributed by atoms with Crippen LogP contribution >= 0.6 is 0 Å². The number of hydrogen-bond donors (Lipinski definition) is 3. The topological polar surface area (TPSA) is 101 Å². The minimum absolute atomic E-state index is 0.220. The molecule has 0 aliphatic heterocycles. The molecule has 1 saturated carbocycles. The largest absolute Gasteiger partial charge is 0.341 e. The van der Waals surface area contributed by atoms with Crippen molar-refractivity contribution in [1.29, 1.82) is 0 Å². The predicted molar refractivity (Wildman–Crippen MR) is 108 cm³/mol. The minimum atomic E-state index is -0.320. The van der Waals surface area contributed by atoms with Gasteiger partial charge in [0.25, 0.3) is 5.91 Å². The van der Waals surface area contributed by atoms with Crippen LogP contribution in [-0.2, 0) is 7.05 Å². The van der Waals surface area contributed by atoms with Crippen LogP contribution in [0.3, 0.4) is 0 Å². The molecule has 1 aliphatic rings. The number of carbonyl (C=O) groups excluding carboxylic acids is 2. The van der Waals surface area contributed by atoms with Gasteiger partial charge in [-0.05, 0) is 44.0 Å². The molecule has 0 saturated heterocycles. The summed E-state index contributed by atoms with van der Waals surface area (Å²) in [6.45, 7) is 1.88. The quantitative estimate of drug-likeness (QED) is 0.649. The highest BCUT2D eigenvalue weighted by Crippen LogP contribution is 2.40. The van der Waals surface area contributed by atoms with E-state index in [1.165, 1.54) is 0 Å². The maximum atomic E-state index is 13.1. The standard InChI is InChI=1S/C20H22N6O2/c1-11-17-15(10-16(12-7-8-12)24-18(17)26(3)25-11)19(27)22-13-5-4-6-14(9-13)23-20(28)21-2/h4-6,9-10,12H,7-8H2,1-3H3,(H,22,27)(H2,21,23,28). The number of hydrogen-bond acceptors (Lipinski definition) is 4. The highest BCUT2D eigenvalue weighted by molar-refractivity contribution is 6.13. The number of fused-ring (bicyclic) bond motifs is 1. The molecule has 2 aromatic heterocycles. The summed E-state index contributed by atoms with van der Waals surface area (Å²) in [7, 11) is 3.39. The number of nitrogens with one attached hydrogen (secondary N) is 3. The molecule has 3 N–H and O–H groups in total. The molecule has 3 aromatic rings. The van der Waals surface area contributed by atoms with Gasteiger partial charge in [-0.1, -0.05) is 6.07 Å². The number of anilines is 2. The van der Waals surface area contributed by atoms with Crippen molar-refractivity contribution in [2.75, 3.05) is 17.7 Å². The molecule has 2 heterocycles. The van der Waals surface area contributed by atoms with Gasteiger partial charge >= 0.3 is 6.03 Å². The summed E-state index contributed by atoms with van der Waals surface area (Å²) in [5.74, 6) is 0.203. The third-order valence-electron chi connectivity index (χ3n) is 4.83. The van der Waals surface area contributed by atoms with E-state index in [2.05, 4.69) is 21.0 Å². The third-order valence-corrected chi connectivity index (χ3v) is 4.83. The van der Waals surface area contributed by atoms with E-state index < -0.39 is 0 Å².